The number of carbonyl (C=O) groups is 1. The number of aryl methyl sites for hydroxylation is 1. The van der Waals surface area contributed by atoms with Gasteiger partial charge in [-0.05, 0) is 55.8 Å². The fraction of sp³-hybridized carbons (Fsp3) is 0.214. The molecule has 5 nitrogen and oxygen atoms in total. The van der Waals surface area contributed by atoms with Crippen molar-refractivity contribution in [2.24, 2.45) is 0 Å². The predicted octanol–water partition coefficient (Wildman–Crippen LogP) is 5.89. The predicted molar refractivity (Wildman–Crippen MR) is 132 cm³/mol. The number of imidazole rings is 1. The number of carbonyl (C=O) groups excluding carboxylic acids is 1. The van der Waals surface area contributed by atoms with Crippen LogP contribution in [0.2, 0.25) is 0 Å². The van der Waals surface area contributed by atoms with E-state index >= 15 is 0 Å². The number of nitrogens with one attached hydrogen (secondary N) is 1. The van der Waals surface area contributed by atoms with Crippen LogP contribution in [0.5, 0.6) is 0 Å². The molecule has 34 heavy (non-hydrogen) atoms. The monoisotopic (exact) mass is 454 g/mol. The lowest BCUT2D eigenvalue weighted by Gasteiger charge is -2.30. The van der Waals surface area contributed by atoms with Crippen LogP contribution in [-0.4, -0.2) is 26.9 Å². The second kappa shape index (κ2) is 9.14. The maximum absolute atomic E-state index is 13.6. The molecule has 1 atom stereocenters. The van der Waals surface area contributed by atoms with Crippen molar-refractivity contribution < 1.29 is 9.18 Å². The highest BCUT2D eigenvalue weighted by atomic mass is 19.1. The minimum absolute atomic E-state index is 0.0943. The van der Waals surface area contributed by atoms with Gasteiger partial charge in [0.1, 0.15) is 23.2 Å². The number of amides is 1. The summed E-state index contributed by atoms with van der Waals surface area (Å²) < 4.78 is 15.7. The summed E-state index contributed by atoms with van der Waals surface area (Å²) in [5, 5.41) is 3.52. The molecule has 0 saturated heterocycles. The van der Waals surface area contributed by atoms with Crippen LogP contribution in [0.1, 0.15) is 29.8 Å². The number of aromatic nitrogens is 2. The van der Waals surface area contributed by atoms with Crippen LogP contribution in [0.25, 0.3) is 11.3 Å². The Morgan fingerprint density at radius 1 is 0.971 bits per heavy atom. The van der Waals surface area contributed by atoms with E-state index in [4.69, 9.17) is 4.98 Å². The number of hydrogen-bond donors (Lipinski definition) is 1. The van der Waals surface area contributed by atoms with Crippen molar-refractivity contribution in [1.29, 1.82) is 0 Å². The molecule has 0 fully saturated rings. The molecule has 1 aliphatic rings. The third-order valence-electron chi connectivity index (χ3n) is 6.39. The second-order valence-electron chi connectivity index (χ2n) is 8.77. The molecule has 0 aliphatic carbocycles. The molecule has 0 unspecified atom stereocenters. The van der Waals surface area contributed by atoms with Gasteiger partial charge in [0.25, 0.3) is 0 Å². The lowest BCUT2D eigenvalue weighted by Crippen LogP contribution is -2.40. The van der Waals surface area contributed by atoms with Crippen molar-refractivity contribution in [3.8, 4) is 11.3 Å². The molecule has 2 heterocycles. The number of hydrogen-bond acceptors (Lipinski definition) is 3. The number of rotatable bonds is 5. The van der Waals surface area contributed by atoms with E-state index in [1.165, 1.54) is 17.7 Å². The Labute approximate surface area is 198 Å². The van der Waals surface area contributed by atoms with Crippen LogP contribution in [0, 0.1) is 12.7 Å². The molecule has 0 bridgehead atoms. The Morgan fingerprint density at radius 3 is 2.38 bits per heavy atom. The van der Waals surface area contributed by atoms with Crippen LogP contribution in [-0.2, 0) is 17.9 Å². The SMILES string of the molecule is Cc1ccc(Nc2c(-c3ccc(F)cc3)nc3n2CCN(C(=O)[C@@H](C)c2ccccc2)C3)cc1. The first-order valence-electron chi connectivity index (χ1n) is 11.5. The fourth-order valence-corrected chi connectivity index (χ4v) is 4.39. The summed E-state index contributed by atoms with van der Waals surface area (Å²) in [5.74, 6) is 1.26. The molecule has 0 spiro atoms. The standard InChI is InChI=1S/C28H27FN4O/c1-19-8-14-24(15-9-19)30-27-26(22-10-12-23(29)13-11-22)31-25-18-32(16-17-33(25)27)28(34)20(2)21-6-4-3-5-7-21/h3-15,20,30H,16-18H2,1-2H3/t20-/m0/s1. The van der Waals surface area contributed by atoms with Gasteiger partial charge in [-0.1, -0.05) is 48.0 Å². The lowest BCUT2D eigenvalue weighted by molar-refractivity contribution is -0.134. The summed E-state index contributed by atoms with van der Waals surface area (Å²) in [7, 11) is 0. The van der Waals surface area contributed by atoms with E-state index in [9.17, 15) is 9.18 Å². The normalized spacial score (nSPS) is 13.9. The lowest BCUT2D eigenvalue weighted by atomic mass is 9.99. The zero-order valence-electron chi connectivity index (χ0n) is 19.3. The minimum Gasteiger partial charge on any atom is -0.340 e. The van der Waals surface area contributed by atoms with E-state index in [0.29, 0.717) is 19.6 Å². The molecule has 4 aromatic rings. The smallest absolute Gasteiger partial charge is 0.230 e. The molecule has 1 N–H and O–H groups in total. The molecule has 172 valence electrons. The van der Waals surface area contributed by atoms with Crippen molar-refractivity contribution in [3.05, 3.63) is 102 Å². The topological polar surface area (TPSA) is 50.2 Å². The Kier molecular flexibility index (Phi) is 5.88. The minimum atomic E-state index is -0.285. The summed E-state index contributed by atoms with van der Waals surface area (Å²) in [6, 6.07) is 24.4. The van der Waals surface area contributed by atoms with Crippen LogP contribution in [0.15, 0.2) is 78.9 Å². The average molecular weight is 455 g/mol. The first kappa shape index (κ1) is 21.9. The van der Waals surface area contributed by atoms with E-state index in [0.717, 1.165) is 34.2 Å². The first-order chi connectivity index (χ1) is 16.5. The Morgan fingerprint density at radius 2 is 1.68 bits per heavy atom. The molecular weight excluding hydrogens is 427 g/mol. The van der Waals surface area contributed by atoms with Gasteiger partial charge in [-0.15, -0.1) is 0 Å². The van der Waals surface area contributed by atoms with E-state index < -0.39 is 0 Å². The largest absolute Gasteiger partial charge is 0.340 e. The van der Waals surface area contributed by atoms with Crippen molar-refractivity contribution in [3.63, 3.8) is 0 Å². The van der Waals surface area contributed by atoms with Gasteiger partial charge < -0.3 is 14.8 Å². The van der Waals surface area contributed by atoms with Crippen LogP contribution in [0.3, 0.4) is 0 Å². The van der Waals surface area contributed by atoms with Gasteiger partial charge in [-0.25, -0.2) is 9.37 Å². The van der Waals surface area contributed by atoms with Gasteiger partial charge in [-0.2, -0.15) is 0 Å². The molecule has 5 rings (SSSR count). The second-order valence-corrected chi connectivity index (χ2v) is 8.77. The van der Waals surface area contributed by atoms with Crippen LogP contribution < -0.4 is 5.32 Å². The van der Waals surface area contributed by atoms with E-state index in [1.807, 2.05) is 54.3 Å². The number of nitrogens with zero attached hydrogens (tertiary/aromatic N) is 3. The van der Waals surface area contributed by atoms with Crippen LogP contribution in [0.4, 0.5) is 15.9 Å². The maximum atomic E-state index is 13.6. The molecular formula is C28H27FN4O. The first-order valence-corrected chi connectivity index (χ1v) is 11.5. The summed E-state index contributed by atoms with van der Waals surface area (Å²) >= 11 is 0. The molecule has 3 aromatic carbocycles. The van der Waals surface area contributed by atoms with Crippen LogP contribution >= 0.6 is 0 Å². The van der Waals surface area contributed by atoms with E-state index in [2.05, 4.69) is 28.9 Å². The molecule has 0 saturated carbocycles. The van der Waals surface area contributed by atoms with Crippen molar-refractivity contribution in [2.75, 3.05) is 11.9 Å². The molecule has 6 heteroatoms. The van der Waals surface area contributed by atoms with E-state index in [-0.39, 0.29) is 17.6 Å². The highest BCUT2D eigenvalue weighted by Gasteiger charge is 2.29. The quantitative estimate of drug-likeness (QED) is 0.409. The maximum Gasteiger partial charge on any atom is 0.230 e. The summed E-state index contributed by atoms with van der Waals surface area (Å²) in [4.78, 5) is 20.1. The van der Waals surface area contributed by atoms with Crippen molar-refractivity contribution in [2.45, 2.75) is 32.9 Å². The van der Waals surface area contributed by atoms with Gasteiger partial charge in [0, 0.05) is 24.3 Å². The molecule has 1 aromatic heterocycles. The van der Waals surface area contributed by atoms with Gasteiger partial charge >= 0.3 is 0 Å². The number of benzene rings is 3. The fourth-order valence-electron chi connectivity index (χ4n) is 4.39. The van der Waals surface area contributed by atoms with E-state index in [1.54, 1.807) is 12.1 Å². The van der Waals surface area contributed by atoms with Gasteiger partial charge in [0.2, 0.25) is 5.91 Å². The summed E-state index contributed by atoms with van der Waals surface area (Å²) in [5.41, 5.74) is 4.72. The molecule has 0 radical (unpaired) electrons. The number of anilines is 2. The highest BCUT2D eigenvalue weighted by molar-refractivity contribution is 5.83. The van der Waals surface area contributed by atoms with Gasteiger partial charge in [-0.3, -0.25) is 4.79 Å². The van der Waals surface area contributed by atoms with Gasteiger partial charge in [0.15, 0.2) is 0 Å². The Bertz CT molecular complexity index is 1300. The van der Waals surface area contributed by atoms with Crippen molar-refractivity contribution >= 4 is 17.4 Å². The zero-order valence-corrected chi connectivity index (χ0v) is 19.3. The van der Waals surface area contributed by atoms with Crippen molar-refractivity contribution in [1.82, 2.24) is 14.5 Å². The third kappa shape index (κ3) is 4.31. The molecule has 1 amide bonds. The summed E-state index contributed by atoms with van der Waals surface area (Å²) in [6.07, 6.45) is 0. The Balaban J connectivity index is 1.47. The highest BCUT2D eigenvalue weighted by Crippen LogP contribution is 2.34. The van der Waals surface area contributed by atoms with Gasteiger partial charge in [0.05, 0.1) is 12.5 Å². The Hall–Kier alpha value is -3.93. The average Bonchev–Trinajstić information content (AvgIpc) is 3.23. The third-order valence-corrected chi connectivity index (χ3v) is 6.39. The number of halogens is 1. The zero-order chi connectivity index (χ0) is 23.7. The summed E-state index contributed by atoms with van der Waals surface area (Å²) in [6.45, 7) is 5.67. The number of fused-ring (bicyclic) bond motifs is 1. The molecule has 1 aliphatic heterocycles.